The van der Waals surface area contributed by atoms with Crippen molar-refractivity contribution in [1.29, 1.82) is 0 Å². The average Bonchev–Trinajstić information content (AvgIpc) is 2.93. The third-order valence-electron chi connectivity index (χ3n) is 6.40. The van der Waals surface area contributed by atoms with Gasteiger partial charge in [-0.15, -0.1) is 6.42 Å². The molecule has 4 amide bonds. The molecular weight excluding hydrogens is 532 g/mol. The minimum atomic E-state index is -1.35. The van der Waals surface area contributed by atoms with Crippen molar-refractivity contribution in [3.8, 4) is 12.3 Å². The van der Waals surface area contributed by atoms with Crippen LogP contribution in [-0.2, 0) is 19.1 Å². The van der Waals surface area contributed by atoms with E-state index in [4.69, 9.17) is 16.9 Å². The molecule has 0 radical (unpaired) electrons. The zero-order valence-corrected chi connectivity index (χ0v) is 24.5. The molecule has 0 aromatic heterocycles. The SMILES string of the molecule is C#Cc1ccc(C(C(=O)Nc2ccc3ccccc3c2)N(CCCC)C(=O)C(CC(N)=O)NC(=O)OC(C)(C)C)cc1. The van der Waals surface area contributed by atoms with Gasteiger partial charge in [-0.3, -0.25) is 14.4 Å². The summed E-state index contributed by atoms with van der Waals surface area (Å²) in [5, 5.41) is 7.38. The van der Waals surface area contributed by atoms with Gasteiger partial charge in [0, 0.05) is 17.8 Å². The van der Waals surface area contributed by atoms with Crippen molar-refractivity contribution in [3.05, 3.63) is 77.9 Å². The number of nitrogens with two attached hydrogens (primary N) is 1. The van der Waals surface area contributed by atoms with Gasteiger partial charge in [0.15, 0.2) is 0 Å². The summed E-state index contributed by atoms with van der Waals surface area (Å²) in [6.45, 7) is 7.16. The highest BCUT2D eigenvalue weighted by molar-refractivity contribution is 6.01. The predicted molar refractivity (Wildman–Crippen MR) is 163 cm³/mol. The van der Waals surface area contributed by atoms with E-state index in [0.717, 1.165) is 17.2 Å². The molecule has 0 saturated heterocycles. The molecule has 0 saturated carbocycles. The third kappa shape index (κ3) is 8.83. The fourth-order valence-electron chi connectivity index (χ4n) is 4.46. The molecule has 42 heavy (non-hydrogen) atoms. The topological polar surface area (TPSA) is 131 Å². The Kier molecular flexibility index (Phi) is 10.7. The maximum absolute atomic E-state index is 14.1. The van der Waals surface area contributed by atoms with Crippen LogP contribution < -0.4 is 16.4 Å². The number of ether oxygens (including phenoxy) is 1. The van der Waals surface area contributed by atoms with Crippen molar-refractivity contribution in [2.75, 3.05) is 11.9 Å². The Morgan fingerprint density at radius 3 is 2.26 bits per heavy atom. The lowest BCUT2D eigenvalue weighted by Gasteiger charge is -2.34. The number of nitrogens with one attached hydrogen (secondary N) is 2. The van der Waals surface area contributed by atoms with Crippen LogP contribution in [0.5, 0.6) is 0 Å². The van der Waals surface area contributed by atoms with Crippen molar-refractivity contribution >= 4 is 40.3 Å². The number of carbonyl (C=O) groups is 4. The highest BCUT2D eigenvalue weighted by Crippen LogP contribution is 2.27. The van der Waals surface area contributed by atoms with E-state index >= 15 is 0 Å². The van der Waals surface area contributed by atoms with Crippen LogP contribution >= 0.6 is 0 Å². The van der Waals surface area contributed by atoms with Gasteiger partial charge in [-0.1, -0.05) is 61.7 Å². The first-order chi connectivity index (χ1) is 19.9. The number of amides is 4. The minimum absolute atomic E-state index is 0.174. The Bertz CT molecular complexity index is 1470. The summed E-state index contributed by atoms with van der Waals surface area (Å²) in [5.74, 6) is 0.636. The van der Waals surface area contributed by atoms with E-state index in [1.807, 2.05) is 43.3 Å². The molecule has 0 heterocycles. The number of hydrogen-bond acceptors (Lipinski definition) is 5. The van der Waals surface area contributed by atoms with E-state index < -0.39 is 47.9 Å². The predicted octanol–water partition coefficient (Wildman–Crippen LogP) is 4.90. The number of carbonyl (C=O) groups excluding carboxylic acids is 4. The number of unbranched alkanes of at least 4 members (excludes halogenated alkanes) is 1. The van der Waals surface area contributed by atoms with Crippen LogP contribution in [-0.4, -0.2) is 46.9 Å². The van der Waals surface area contributed by atoms with Gasteiger partial charge in [0.05, 0.1) is 6.42 Å². The van der Waals surface area contributed by atoms with Gasteiger partial charge in [0.2, 0.25) is 11.8 Å². The molecule has 0 bridgehead atoms. The molecule has 3 rings (SSSR count). The second kappa shape index (κ2) is 14.2. The van der Waals surface area contributed by atoms with Crippen LogP contribution in [0, 0.1) is 12.3 Å². The monoisotopic (exact) mass is 570 g/mol. The molecule has 9 nitrogen and oxygen atoms in total. The molecule has 2 unspecified atom stereocenters. The van der Waals surface area contributed by atoms with Crippen LogP contribution in [0.3, 0.4) is 0 Å². The van der Waals surface area contributed by atoms with Gasteiger partial charge in [0.1, 0.15) is 17.7 Å². The number of nitrogens with zero attached hydrogens (tertiary/aromatic N) is 1. The molecule has 9 heteroatoms. The summed E-state index contributed by atoms with van der Waals surface area (Å²) >= 11 is 0. The van der Waals surface area contributed by atoms with Gasteiger partial charge < -0.3 is 26.0 Å². The number of hydrogen-bond donors (Lipinski definition) is 3. The molecule has 0 fully saturated rings. The minimum Gasteiger partial charge on any atom is -0.444 e. The lowest BCUT2D eigenvalue weighted by atomic mass is 10.00. The number of benzene rings is 3. The second-order valence-electron chi connectivity index (χ2n) is 11.0. The summed E-state index contributed by atoms with van der Waals surface area (Å²) in [7, 11) is 0. The Labute approximate surface area is 246 Å². The highest BCUT2D eigenvalue weighted by Gasteiger charge is 2.36. The zero-order valence-electron chi connectivity index (χ0n) is 24.5. The van der Waals surface area contributed by atoms with Crippen LogP contribution in [0.4, 0.5) is 10.5 Å². The lowest BCUT2D eigenvalue weighted by Crippen LogP contribution is -2.53. The summed E-state index contributed by atoms with van der Waals surface area (Å²) in [4.78, 5) is 54.1. The molecule has 220 valence electrons. The average molecular weight is 571 g/mol. The van der Waals surface area contributed by atoms with E-state index in [2.05, 4.69) is 16.6 Å². The van der Waals surface area contributed by atoms with E-state index in [9.17, 15) is 19.2 Å². The smallest absolute Gasteiger partial charge is 0.408 e. The Hall–Kier alpha value is -4.84. The van der Waals surface area contributed by atoms with Crippen molar-refractivity contribution in [1.82, 2.24) is 10.2 Å². The first kappa shape index (κ1) is 31.7. The third-order valence-corrected chi connectivity index (χ3v) is 6.40. The molecule has 3 aromatic carbocycles. The largest absolute Gasteiger partial charge is 0.444 e. The van der Waals surface area contributed by atoms with E-state index in [0.29, 0.717) is 23.2 Å². The zero-order chi connectivity index (χ0) is 30.9. The van der Waals surface area contributed by atoms with Crippen molar-refractivity contribution in [3.63, 3.8) is 0 Å². The van der Waals surface area contributed by atoms with Crippen molar-refractivity contribution in [2.24, 2.45) is 5.73 Å². The van der Waals surface area contributed by atoms with Gasteiger partial charge in [-0.05, 0) is 67.8 Å². The molecule has 0 aliphatic carbocycles. The first-order valence-corrected chi connectivity index (χ1v) is 13.9. The Morgan fingerprint density at radius 1 is 1.00 bits per heavy atom. The van der Waals surface area contributed by atoms with Crippen LogP contribution in [0.2, 0.25) is 0 Å². The van der Waals surface area contributed by atoms with Crippen LogP contribution in [0.1, 0.15) is 64.1 Å². The molecule has 0 spiro atoms. The summed E-state index contributed by atoms with van der Waals surface area (Å²) in [6.07, 6.45) is 5.47. The van der Waals surface area contributed by atoms with E-state index in [1.54, 1.807) is 51.1 Å². The number of terminal acetylenes is 1. The van der Waals surface area contributed by atoms with Gasteiger partial charge in [-0.25, -0.2) is 4.79 Å². The molecule has 3 aromatic rings. The lowest BCUT2D eigenvalue weighted by molar-refractivity contribution is -0.142. The second-order valence-corrected chi connectivity index (χ2v) is 11.0. The quantitative estimate of drug-likeness (QED) is 0.282. The van der Waals surface area contributed by atoms with Gasteiger partial charge in [-0.2, -0.15) is 0 Å². The number of anilines is 1. The maximum Gasteiger partial charge on any atom is 0.408 e. The number of fused-ring (bicyclic) bond motifs is 1. The molecule has 0 aliphatic heterocycles. The molecule has 0 aliphatic rings. The summed E-state index contributed by atoms with van der Waals surface area (Å²) in [6, 6.07) is 17.6. The van der Waals surface area contributed by atoms with Gasteiger partial charge >= 0.3 is 6.09 Å². The summed E-state index contributed by atoms with van der Waals surface area (Å²) < 4.78 is 5.32. The normalized spacial score (nSPS) is 12.5. The van der Waals surface area contributed by atoms with Crippen molar-refractivity contribution < 1.29 is 23.9 Å². The Balaban J connectivity index is 2.04. The first-order valence-electron chi connectivity index (χ1n) is 13.9. The maximum atomic E-state index is 14.1. The molecular formula is C33H38N4O5. The van der Waals surface area contributed by atoms with Crippen molar-refractivity contribution in [2.45, 2.75) is 64.6 Å². The summed E-state index contributed by atoms with van der Waals surface area (Å²) in [5.41, 5.74) is 6.28. The molecule has 2 atom stereocenters. The van der Waals surface area contributed by atoms with E-state index in [1.165, 1.54) is 4.90 Å². The van der Waals surface area contributed by atoms with Gasteiger partial charge in [0.25, 0.3) is 5.91 Å². The number of rotatable bonds is 11. The Morgan fingerprint density at radius 2 is 1.67 bits per heavy atom. The fourth-order valence-corrected chi connectivity index (χ4v) is 4.46. The van der Waals surface area contributed by atoms with Crippen LogP contribution in [0.25, 0.3) is 10.8 Å². The van der Waals surface area contributed by atoms with E-state index in [-0.39, 0.29) is 6.54 Å². The fraction of sp³-hybridized carbons (Fsp3) is 0.333. The number of primary amides is 1. The standard InChI is InChI=1S/C33H38N4O5/c1-6-8-19-37(31(40)27(21-28(34)38)36-32(41)42-33(3,4)5)29(24-15-13-22(7-2)14-16-24)30(39)35-26-18-17-23-11-9-10-12-25(23)20-26/h2,9-18,20,27,29H,6,8,19,21H2,1,3-5H3,(H2,34,38)(H,35,39)(H,36,41). The molecule has 4 N–H and O–H groups in total. The highest BCUT2D eigenvalue weighted by atomic mass is 16.6. The number of alkyl carbamates (subject to hydrolysis) is 1. The van der Waals surface area contributed by atoms with Crippen LogP contribution in [0.15, 0.2) is 66.7 Å².